The van der Waals surface area contributed by atoms with Crippen LogP contribution < -0.4 is 0 Å². The fraction of sp³-hybridized carbons (Fsp3) is 0.736. The van der Waals surface area contributed by atoms with E-state index in [0.717, 1.165) is 109 Å². The lowest BCUT2D eigenvalue weighted by Crippen LogP contribution is -2.30. The second-order valence-corrected chi connectivity index (χ2v) is 22.0. The van der Waals surface area contributed by atoms with Crippen molar-refractivity contribution in [3.63, 3.8) is 0 Å². The molecule has 0 spiro atoms. The highest BCUT2D eigenvalue weighted by Crippen LogP contribution is 2.17. The molecule has 0 aromatic rings. The van der Waals surface area contributed by atoms with Crippen molar-refractivity contribution in [2.24, 2.45) is 0 Å². The van der Waals surface area contributed by atoms with Crippen molar-refractivity contribution in [2.75, 3.05) is 13.2 Å². The lowest BCUT2D eigenvalue weighted by Gasteiger charge is -2.18. The van der Waals surface area contributed by atoms with E-state index < -0.39 is 6.10 Å². The van der Waals surface area contributed by atoms with Crippen molar-refractivity contribution in [2.45, 2.75) is 329 Å². The maximum Gasteiger partial charge on any atom is 0.306 e. The summed E-state index contributed by atoms with van der Waals surface area (Å²) in [6.45, 7) is 6.42. The first-order valence-corrected chi connectivity index (χ1v) is 33.2. The Kier molecular flexibility index (Phi) is 62.7. The van der Waals surface area contributed by atoms with Crippen molar-refractivity contribution in [3.8, 4) is 0 Å². The Bertz CT molecular complexity index is 1530. The highest BCUT2D eigenvalue weighted by Gasteiger charge is 2.19. The Morgan fingerprint density at radius 1 is 0.269 bits per heavy atom. The van der Waals surface area contributed by atoms with Crippen LogP contribution in [0.5, 0.6) is 0 Å². The molecule has 0 aliphatic heterocycles. The molecular weight excluding hydrogens is 961 g/mol. The zero-order chi connectivity index (χ0) is 56.4. The topological polar surface area (TPSA) is 78.9 Å². The first-order valence-electron chi connectivity index (χ1n) is 33.2. The van der Waals surface area contributed by atoms with Crippen molar-refractivity contribution >= 4 is 17.9 Å². The van der Waals surface area contributed by atoms with Gasteiger partial charge < -0.3 is 14.2 Å². The van der Waals surface area contributed by atoms with E-state index in [9.17, 15) is 14.4 Å². The summed E-state index contributed by atoms with van der Waals surface area (Å²) in [4.78, 5) is 38.2. The SMILES string of the molecule is CC/C=C\C/C=C\C/C=C\C/C=C\CCCCCCCCCCCCCCCCC(=O)OCC(COC(=O)CCCCCCCCCC)OC(=O)CCCCCCCCCCCCCC/C=C\C/C=C\C/C=C\C/C=C\CC. The van der Waals surface area contributed by atoms with Crippen LogP contribution in [-0.4, -0.2) is 37.2 Å². The van der Waals surface area contributed by atoms with E-state index in [2.05, 4.69) is 118 Å². The maximum atomic E-state index is 12.9. The number of carbonyl (C=O) groups excluding carboxylic acids is 3. The maximum absolute atomic E-state index is 12.9. The molecular formula is C72H124O6. The molecule has 0 rings (SSSR count). The molecule has 0 radical (unpaired) electrons. The minimum atomic E-state index is -0.776. The molecule has 0 aromatic heterocycles. The molecule has 1 unspecified atom stereocenters. The predicted molar refractivity (Wildman–Crippen MR) is 339 cm³/mol. The van der Waals surface area contributed by atoms with Gasteiger partial charge in [-0.05, 0) is 96.3 Å². The van der Waals surface area contributed by atoms with Crippen LogP contribution in [0.4, 0.5) is 0 Å². The number of unbranched alkanes of at least 4 members (excludes halogenated alkanes) is 33. The van der Waals surface area contributed by atoms with Crippen LogP contribution in [0.25, 0.3) is 0 Å². The molecule has 0 bridgehead atoms. The monoisotopic (exact) mass is 1080 g/mol. The highest BCUT2D eigenvalue weighted by molar-refractivity contribution is 5.71. The average Bonchev–Trinajstić information content (AvgIpc) is 3.44. The van der Waals surface area contributed by atoms with E-state index in [0.29, 0.717) is 19.3 Å². The summed E-state index contributed by atoms with van der Waals surface area (Å²) in [5, 5.41) is 0. The Morgan fingerprint density at radius 3 is 0.782 bits per heavy atom. The first kappa shape index (κ1) is 74.3. The summed E-state index contributed by atoms with van der Waals surface area (Å²) in [5.74, 6) is -0.869. The van der Waals surface area contributed by atoms with Crippen molar-refractivity contribution < 1.29 is 28.6 Å². The summed E-state index contributed by atoms with van der Waals surface area (Å²) < 4.78 is 16.9. The van der Waals surface area contributed by atoms with Gasteiger partial charge >= 0.3 is 17.9 Å². The van der Waals surface area contributed by atoms with Crippen LogP contribution in [0.2, 0.25) is 0 Å². The van der Waals surface area contributed by atoms with Gasteiger partial charge in [0.25, 0.3) is 0 Å². The molecule has 0 aliphatic carbocycles. The quantitative estimate of drug-likeness (QED) is 0.0261. The normalized spacial score (nSPS) is 12.7. The number of allylic oxidation sites excluding steroid dienone is 16. The van der Waals surface area contributed by atoms with E-state index in [1.165, 1.54) is 173 Å². The number of ether oxygens (including phenoxy) is 3. The zero-order valence-electron chi connectivity index (χ0n) is 51.4. The molecule has 0 saturated carbocycles. The van der Waals surface area contributed by atoms with Crippen LogP contribution in [0.1, 0.15) is 323 Å². The van der Waals surface area contributed by atoms with Gasteiger partial charge in [-0.3, -0.25) is 14.4 Å². The molecule has 0 saturated heterocycles. The van der Waals surface area contributed by atoms with Crippen LogP contribution >= 0.6 is 0 Å². The molecule has 0 aromatic carbocycles. The fourth-order valence-electron chi connectivity index (χ4n) is 9.43. The van der Waals surface area contributed by atoms with Crippen LogP contribution in [0.3, 0.4) is 0 Å². The van der Waals surface area contributed by atoms with Gasteiger partial charge in [-0.15, -0.1) is 0 Å². The van der Waals surface area contributed by atoms with Gasteiger partial charge in [-0.25, -0.2) is 0 Å². The smallest absolute Gasteiger partial charge is 0.306 e. The Labute approximate surface area is 483 Å². The molecule has 0 heterocycles. The molecule has 0 amide bonds. The first-order chi connectivity index (χ1) is 38.5. The van der Waals surface area contributed by atoms with E-state index in [-0.39, 0.29) is 31.1 Å². The van der Waals surface area contributed by atoms with Crippen molar-refractivity contribution in [1.29, 1.82) is 0 Å². The fourth-order valence-corrected chi connectivity index (χ4v) is 9.43. The van der Waals surface area contributed by atoms with Crippen LogP contribution in [-0.2, 0) is 28.6 Å². The van der Waals surface area contributed by atoms with Crippen molar-refractivity contribution in [1.82, 2.24) is 0 Å². The van der Waals surface area contributed by atoms with Gasteiger partial charge in [0.1, 0.15) is 13.2 Å². The average molecular weight is 1090 g/mol. The van der Waals surface area contributed by atoms with E-state index in [4.69, 9.17) is 14.2 Å². The Balaban J connectivity index is 4.14. The van der Waals surface area contributed by atoms with E-state index in [1.807, 2.05) is 0 Å². The lowest BCUT2D eigenvalue weighted by atomic mass is 10.0. The van der Waals surface area contributed by atoms with Gasteiger partial charge in [-0.1, -0.05) is 304 Å². The van der Waals surface area contributed by atoms with E-state index in [1.54, 1.807) is 0 Å². The van der Waals surface area contributed by atoms with Gasteiger partial charge in [0.05, 0.1) is 0 Å². The summed E-state index contributed by atoms with van der Waals surface area (Å²) in [6.07, 6.45) is 88.7. The third-order valence-electron chi connectivity index (χ3n) is 14.3. The molecule has 6 nitrogen and oxygen atoms in total. The van der Waals surface area contributed by atoms with E-state index >= 15 is 0 Å². The molecule has 448 valence electrons. The number of esters is 3. The number of rotatable bonds is 60. The lowest BCUT2D eigenvalue weighted by molar-refractivity contribution is -0.167. The predicted octanol–water partition coefficient (Wildman–Crippen LogP) is 22.8. The number of carbonyl (C=O) groups is 3. The summed E-state index contributed by atoms with van der Waals surface area (Å²) in [7, 11) is 0. The molecule has 0 fully saturated rings. The molecule has 6 heteroatoms. The van der Waals surface area contributed by atoms with Crippen LogP contribution in [0.15, 0.2) is 97.2 Å². The highest BCUT2D eigenvalue weighted by atomic mass is 16.6. The van der Waals surface area contributed by atoms with Gasteiger partial charge in [-0.2, -0.15) is 0 Å². The standard InChI is InChI=1S/C72H124O6/c1-4-7-10-13-16-19-21-23-25-27-29-31-33-35-36-38-39-41-43-45-47-49-51-53-56-59-62-65-71(74)77-68-69(67-76-70(73)64-61-58-55-18-15-12-9-6-3)78-72(75)66-63-60-57-54-52-50-48-46-44-42-40-37-34-32-30-28-26-24-22-20-17-14-11-8-5-2/h7-8,10-11,16-17,19-20,23-26,29-32,69H,4-6,9,12-15,18,21-22,27-28,33-68H2,1-3H3/b10-7-,11-8-,19-16-,20-17-,25-23-,26-24-,31-29-,32-30-. The zero-order valence-corrected chi connectivity index (χ0v) is 51.4. The minimum Gasteiger partial charge on any atom is -0.462 e. The van der Waals surface area contributed by atoms with Crippen molar-refractivity contribution in [3.05, 3.63) is 97.2 Å². The van der Waals surface area contributed by atoms with Crippen LogP contribution in [0, 0.1) is 0 Å². The largest absolute Gasteiger partial charge is 0.462 e. The summed E-state index contributed by atoms with van der Waals surface area (Å²) in [5.41, 5.74) is 0. The molecule has 0 aliphatic rings. The van der Waals surface area contributed by atoms with Gasteiger partial charge in [0, 0.05) is 19.3 Å². The van der Waals surface area contributed by atoms with Gasteiger partial charge in [0.2, 0.25) is 0 Å². The Hall–Kier alpha value is -3.67. The molecule has 1 atom stereocenters. The minimum absolute atomic E-state index is 0.0747. The molecule has 0 N–H and O–H groups in total. The number of hydrogen-bond acceptors (Lipinski definition) is 6. The third-order valence-corrected chi connectivity index (χ3v) is 14.3. The third kappa shape index (κ3) is 63.2. The number of hydrogen-bond donors (Lipinski definition) is 0. The Morgan fingerprint density at radius 2 is 0.500 bits per heavy atom. The van der Waals surface area contributed by atoms with Gasteiger partial charge in [0.15, 0.2) is 6.10 Å². The second kappa shape index (κ2) is 65.8. The summed E-state index contributed by atoms with van der Waals surface area (Å²) >= 11 is 0. The second-order valence-electron chi connectivity index (χ2n) is 22.0. The summed E-state index contributed by atoms with van der Waals surface area (Å²) in [6, 6.07) is 0. The molecule has 78 heavy (non-hydrogen) atoms.